The SMILES string of the molecule is [B]C1(I)CCCCC2=C(CC(=S)N2C(C)C)C1. The fourth-order valence-corrected chi connectivity index (χ4v) is 4.24. The molecule has 2 aliphatic rings. The number of hydrogen-bond donors (Lipinski definition) is 0. The number of thiocarbonyl (C=S) groups is 1. The Morgan fingerprint density at radius 2 is 2.12 bits per heavy atom. The van der Waals surface area contributed by atoms with Crippen LogP contribution in [0.4, 0.5) is 0 Å². The Balaban J connectivity index is 2.29. The molecule has 4 heteroatoms. The highest BCUT2D eigenvalue weighted by molar-refractivity contribution is 14.1. The third-order valence-electron chi connectivity index (χ3n) is 3.61. The molecule has 2 rings (SSSR count). The Bertz CT molecular complexity index is 362. The van der Waals surface area contributed by atoms with Crippen LogP contribution in [0.5, 0.6) is 0 Å². The molecule has 1 aliphatic heterocycles. The van der Waals surface area contributed by atoms with E-state index in [2.05, 4.69) is 41.3 Å². The summed E-state index contributed by atoms with van der Waals surface area (Å²) < 4.78 is -0.0681. The molecule has 2 radical (unpaired) electrons. The van der Waals surface area contributed by atoms with E-state index >= 15 is 0 Å². The second-order valence-corrected chi connectivity index (χ2v) is 8.12. The lowest BCUT2D eigenvalue weighted by atomic mass is 9.76. The Hall–Kier alpha value is 0.425. The highest BCUT2D eigenvalue weighted by atomic mass is 127. The quantitative estimate of drug-likeness (QED) is 0.302. The second-order valence-electron chi connectivity index (χ2n) is 5.50. The largest absolute Gasteiger partial charge is 0.337 e. The molecule has 0 aromatic rings. The molecule has 1 nitrogen and oxygen atoms in total. The van der Waals surface area contributed by atoms with Crippen molar-refractivity contribution in [1.29, 1.82) is 0 Å². The van der Waals surface area contributed by atoms with E-state index in [-0.39, 0.29) is 3.32 Å². The smallest absolute Gasteiger partial charge is 0.0894 e. The molecule has 0 aromatic heterocycles. The third kappa shape index (κ3) is 3.06. The van der Waals surface area contributed by atoms with Crippen LogP contribution in [0.3, 0.4) is 0 Å². The molecule has 0 amide bonds. The van der Waals surface area contributed by atoms with E-state index < -0.39 is 0 Å². The maximum Gasteiger partial charge on any atom is 0.0894 e. The Morgan fingerprint density at radius 1 is 1.41 bits per heavy atom. The number of nitrogens with zero attached hydrogens (tertiary/aromatic N) is 1. The zero-order chi connectivity index (χ0) is 12.6. The summed E-state index contributed by atoms with van der Waals surface area (Å²) in [5.41, 5.74) is 2.98. The fraction of sp³-hybridized carbons (Fsp3) is 0.769. The molecule has 0 spiro atoms. The molecule has 0 bridgehead atoms. The molecule has 0 saturated carbocycles. The fourth-order valence-electron chi connectivity index (χ4n) is 2.91. The first-order valence-electron chi connectivity index (χ1n) is 6.41. The van der Waals surface area contributed by atoms with Crippen LogP contribution in [-0.2, 0) is 0 Å². The topological polar surface area (TPSA) is 3.24 Å². The van der Waals surface area contributed by atoms with Gasteiger partial charge in [-0.3, -0.25) is 0 Å². The zero-order valence-corrected chi connectivity index (χ0v) is 13.6. The summed E-state index contributed by atoms with van der Waals surface area (Å²) in [6, 6.07) is 0.482. The summed E-state index contributed by atoms with van der Waals surface area (Å²) in [6.07, 6.45) is 6.75. The van der Waals surface area contributed by atoms with Gasteiger partial charge >= 0.3 is 0 Å². The molecular weight excluding hydrogens is 340 g/mol. The first-order chi connectivity index (χ1) is 7.91. The van der Waals surface area contributed by atoms with Crippen molar-refractivity contribution in [1.82, 2.24) is 4.90 Å². The van der Waals surface area contributed by atoms with E-state index in [1.807, 2.05) is 0 Å². The van der Waals surface area contributed by atoms with Crippen molar-refractivity contribution in [2.75, 3.05) is 0 Å². The molecule has 0 aromatic carbocycles. The van der Waals surface area contributed by atoms with Crippen LogP contribution in [0, 0.1) is 0 Å². The van der Waals surface area contributed by atoms with Crippen molar-refractivity contribution < 1.29 is 0 Å². The predicted octanol–water partition coefficient (Wildman–Crippen LogP) is 3.95. The first-order valence-corrected chi connectivity index (χ1v) is 7.90. The lowest BCUT2D eigenvalue weighted by molar-refractivity contribution is 0.411. The minimum Gasteiger partial charge on any atom is -0.337 e. The summed E-state index contributed by atoms with van der Waals surface area (Å²) in [6.45, 7) is 4.45. The van der Waals surface area contributed by atoms with E-state index in [1.165, 1.54) is 30.5 Å². The Labute approximate surface area is 125 Å². The van der Waals surface area contributed by atoms with Crippen molar-refractivity contribution in [2.45, 2.75) is 61.7 Å². The second kappa shape index (κ2) is 5.20. The van der Waals surface area contributed by atoms with E-state index in [0.717, 1.165) is 24.3 Å². The van der Waals surface area contributed by atoms with E-state index in [1.54, 1.807) is 0 Å². The van der Waals surface area contributed by atoms with E-state index in [4.69, 9.17) is 20.1 Å². The average molecular weight is 359 g/mol. The molecule has 0 saturated heterocycles. The van der Waals surface area contributed by atoms with Gasteiger partial charge in [0.05, 0.1) is 12.8 Å². The van der Waals surface area contributed by atoms with Gasteiger partial charge in [0.1, 0.15) is 0 Å². The molecule has 17 heavy (non-hydrogen) atoms. The van der Waals surface area contributed by atoms with Crippen molar-refractivity contribution >= 4 is 47.6 Å². The van der Waals surface area contributed by atoms with Crippen molar-refractivity contribution in [3.8, 4) is 0 Å². The molecule has 92 valence electrons. The highest BCUT2D eigenvalue weighted by Crippen LogP contribution is 2.41. The van der Waals surface area contributed by atoms with Crippen molar-refractivity contribution in [3.63, 3.8) is 0 Å². The van der Waals surface area contributed by atoms with Gasteiger partial charge in [-0.25, -0.2) is 0 Å². The summed E-state index contributed by atoms with van der Waals surface area (Å²) in [7, 11) is 6.36. The summed E-state index contributed by atoms with van der Waals surface area (Å²) in [4.78, 5) is 3.46. The minimum atomic E-state index is -0.0681. The third-order valence-corrected chi connectivity index (χ3v) is 4.87. The van der Waals surface area contributed by atoms with Gasteiger partial charge in [0, 0.05) is 18.2 Å². The van der Waals surface area contributed by atoms with Crippen LogP contribution < -0.4 is 0 Å². The molecule has 0 N–H and O–H groups in total. The molecule has 1 unspecified atom stereocenters. The van der Waals surface area contributed by atoms with Gasteiger partial charge in [0.15, 0.2) is 0 Å². The number of hydrogen-bond acceptors (Lipinski definition) is 1. The Morgan fingerprint density at radius 3 is 2.76 bits per heavy atom. The van der Waals surface area contributed by atoms with Gasteiger partial charge in [0.25, 0.3) is 0 Å². The van der Waals surface area contributed by atoms with Gasteiger partial charge in [-0.15, -0.1) is 0 Å². The molecule has 1 atom stereocenters. The van der Waals surface area contributed by atoms with Gasteiger partial charge in [-0.05, 0) is 48.4 Å². The zero-order valence-electron chi connectivity index (χ0n) is 10.6. The summed E-state index contributed by atoms with van der Waals surface area (Å²) >= 11 is 7.96. The molecular formula is C13H19BINS. The average Bonchev–Trinajstić information content (AvgIpc) is 2.46. The van der Waals surface area contributed by atoms with Crippen LogP contribution in [-0.4, -0.2) is 27.1 Å². The Kier molecular flexibility index (Phi) is 4.23. The normalized spacial score (nSPS) is 30.6. The molecule has 1 aliphatic carbocycles. The predicted molar refractivity (Wildman–Crippen MR) is 86.8 cm³/mol. The van der Waals surface area contributed by atoms with Gasteiger partial charge in [0.2, 0.25) is 0 Å². The van der Waals surface area contributed by atoms with Crippen LogP contribution in [0.2, 0.25) is 0 Å². The number of alkyl halides is 1. The van der Waals surface area contributed by atoms with Gasteiger partial charge in [-0.2, -0.15) is 0 Å². The van der Waals surface area contributed by atoms with Crippen LogP contribution >= 0.6 is 34.8 Å². The maximum atomic E-state index is 6.36. The number of rotatable bonds is 1. The molecule has 0 fully saturated rings. The molecule has 1 heterocycles. The number of allylic oxidation sites excluding steroid dienone is 1. The van der Waals surface area contributed by atoms with Crippen molar-refractivity contribution in [3.05, 3.63) is 11.3 Å². The minimum absolute atomic E-state index is 0.0681. The highest BCUT2D eigenvalue weighted by Gasteiger charge is 2.33. The van der Waals surface area contributed by atoms with E-state index in [0.29, 0.717) is 6.04 Å². The standard InChI is InChI=1S/C13H19BINS/c1-9(2)16-11-5-3-4-6-13(14,15)8-10(11)7-12(16)17/h9H,3-8H2,1-2H3. The summed E-state index contributed by atoms with van der Waals surface area (Å²) in [5.74, 6) is 0. The maximum absolute atomic E-state index is 6.36. The number of halogens is 1. The monoisotopic (exact) mass is 359 g/mol. The van der Waals surface area contributed by atoms with Crippen molar-refractivity contribution in [2.24, 2.45) is 0 Å². The lowest BCUT2D eigenvalue weighted by Crippen LogP contribution is -2.31. The van der Waals surface area contributed by atoms with Gasteiger partial charge < -0.3 is 4.90 Å². The lowest BCUT2D eigenvalue weighted by Gasteiger charge is -2.30. The van der Waals surface area contributed by atoms with Crippen LogP contribution in [0.15, 0.2) is 11.3 Å². The van der Waals surface area contributed by atoms with E-state index in [9.17, 15) is 0 Å². The van der Waals surface area contributed by atoms with Crippen LogP contribution in [0.1, 0.15) is 52.4 Å². The first kappa shape index (κ1) is 13.8. The summed E-state index contributed by atoms with van der Waals surface area (Å²) in [5, 5.41) is 0. The van der Waals surface area contributed by atoms with Crippen LogP contribution in [0.25, 0.3) is 0 Å². The van der Waals surface area contributed by atoms with Gasteiger partial charge in [-0.1, -0.05) is 41.2 Å².